The van der Waals surface area contributed by atoms with E-state index < -0.39 is 0 Å². The second kappa shape index (κ2) is 10.3. The van der Waals surface area contributed by atoms with Crippen LogP contribution in [0.1, 0.15) is 48.7 Å². The number of amides is 1. The molecule has 1 heterocycles. The summed E-state index contributed by atoms with van der Waals surface area (Å²) in [6, 6.07) is 13.6. The zero-order chi connectivity index (χ0) is 21.3. The molecule has 0 unspecified atom stereocenters. The van der Waals surface area contributed by atoms with Gasteiger partial charge in [0, 0.05) is 11.1 Å². The Morgan fingerprint density at radius 3 is 2.47 bits per heavy atom. The molecular weight excluding hydrogens is 382 g/mol. The molecule has 3 rings (SSSR count). The molecule has 0 bridgehead atoms. The lowest BCUT2D eigenvalue weighted by Crippen LogP contribution is -2.18. The summed E-state index contributed by atoms with van der Waals surface area (Å²) in [5.74, 6) is -0.640. The third kappa shape index (κ3) is 5.53. The van der Waals surface area contributed by atoms with E-state index in [0.29, 0.717) is 34.3 Å². The molecule has 0 aliphatic carbocycles. The maximum absolute atomic E-state index is 12.4. The van der Waals surface area contributed by atoms with Gasteiger partial charge < -0.3 is 10.1 Å². The third-order valence-corrected chi connectivity index (χ3v) is 4.74. The monoisotopic (exact) mass is 407 g/mol. The molecule has 156 valence electrons. The van der Waals surface area contributed by atoms with Gasteiger partial charge in [-0.05, 0) is 36.8 Å². The number of carbonyl (C=O) groups is 2. The first kappa shape index (κ1) is 21.2. The van der Waals surface area contributed by atoms with E-state index in [4.69, 9.17) is 4.74 Å². The highest BCUT2D eigenvalue weighted by Crippen LogP contribution is 2.15. The number of hydrogen-bond donors (Lipinski definition) is 2. The molecule has 2 aromatic carbocycles. The summed E-state index contributed by atoms with van der Waals surface area (Å²) in [5, 5.41) is 10.4. The van der Waals surface area contributed by atoms with Crippen LogP contribution in [0, 0.1) is 0 Å². The van der Waals surface area contributed by atoms with E-state index >= 15 is 0 Å². The van der Waals surface area contributed by atoms with E-state index in [1.54, 1.807) is 48.5 Å². The minimum Gasteiger partial charge on any atom is -0.462 e. The first-order valence-electron chi connectivity index (χ1n) is 10.1. The molecule has 0 fully saturated rings. The van der Waals surface area contributed by atoms with Gasteiger partial charge in [0.05, 0.1) is 29.7 Å². The Bertz CT molecular complexity index is 1070. The molecule has 0 saturated heterocycles. The van der Waals surface area contributed by atoms with Crippen LogP contribution in [0.15, 0.2) is 53.3 Å². The standard InChI is InChI=1S/C23H25N3O4/c1-2-3-4-7-14-30-23(29)16-10-12-17(13-11-16)24-21(27)15-20-18-8-5-6-9-19(18)22(28)26-25-20/h5-6,8-13H,2-4,7,14-15H2,1H3,(H,24,27)(H,26,28). The number of aromatic amines is 1. The highest BCUT2D eigenvalue weighted by molar-refractivity contribution is 5.96. The molecule has 7 nitrogen and oxygen atoms in total. The predicted octanol–water partition coefficient (Wildman–Crippen LogP) is 3.84. The Kier molecular flexibility index (Phi) is 7.32. The van der Waals surface area contributed by atoms with Gasteiger partial charge in [0.25, 0.3) is 5.56 Å². The molecule has 1 aromatic heterocycles. The van der Waals surface area contributed by atoms with Crippen LogP contribution in [0.25, 0.3) is 10.8 Å². The van der Waals surface area contributed by atoms with Crippen LogP contribution in [0.3, 0.4) is 0 Å². The topological polar surface area (TPSA) is 101 Å². The molecule has 7 heteroatoms. The average molecular weight is 407 g/mol. The number of H-pyrrole nitrogens is 1. The van der Waals surface area contributed by atoms with Crippen LogP contribution < -0.4 is 10.9 Å². The Labute approximate surface area is 174 Å². The van der Waals surface area contributed by atoms with Crippen molar-refractivity contribution >= 4 is 28.3 Å². The summed E-state index contributed by atoms with van der Waals surface area (Å²) in [5.41, 5.74) is 1.21. The number of aromatic nitrogens is 2. The van der Waals surface area contributed by atoms with Gasteiger partial charge in [-0.2, -0.15) is 5.10 Å². The van der Waals surface area contributed by atoms with Gasteiger partial charge in [0.15, 0.2) is 0 Å². The lowest BCUT2D eigenvalue weighted by molar-refractivity contribution is -0.115. The average Bonchev–Trinajstić information content (AvgIpc) is 2.76. The lowest BCUT2D eigenvalue weighted by atomic mass is 10.1. The maximum Gasteiger partial charge on any atom is 0.338 e. The Morgan fingerprint density at radius 1 is 1.00 bits per heavy atom. The number of anilines is 1. The molecule has 0 radical (unpaired) electrons. The van der Waals surface area contributed by atoms with Gasteiger partial charge in [-0.25, -0.2) is 9.89 Å². The van der Waals surface area contributed by atoms with E-state index in [1.807, 2.05) is 0 Å². The van der Waals surface area contributed by atoms with Crippen LogP contribution in [0.2, 0.25) is 0 Å². The molecule has 0 aliphatic heterocycles. The number of hydrogen-bond acceptors (Lipinski definition) is 5. The van der Waals surface area contributed by atoms with Gasteiger partial charge in [-0.15, -0.1) is 0 Å². The highest BCUT2D eigenvalue weighted by atomic mass is 16.5. The second-order valence-corrected chi connectivity index (χ2v) is 7.04. The van der Waals surface area contributed by atoms with Gasteiger partial charge in [-0.3, -0.25) is 9.59 Å². The third-order valence-electron chi connectivity index (χ3n) is 4.74. The Hall–Kier alpha value is -3.48. The number of nitrogens with one attached hydrogen (secondary N) is 2. The molecule has 3 aromatic rings. The van der Waals surface area contributed by atoms with E-state index in [-0.39, 0.29) is 23.9 Å². The molecular formula is C23H25N3O4. The van der Waals surface area contributed by atoms with Crippen LogP contribution in [-0.4, -0.2) is 28.7 Å². The van der Waals surface area contributed by atoms with Crippen molar-refractivity contribution in [3.63, 3.8) is 0 Å². The largest absolute Gasteiger partial charge is 0.462 e. The van der Waals surface area contributed by atoms with Gasteiger partial charge >= 0.3 is 5.97 Å². The number of carbonyl (C=O) groups excluding carboxylic acids is 2. The number of rotatable bonds is 9. The molecule has 0 saturated carbocycles. The Balaban J connectivity index is 1.57. The van der Waals surface area contributed by atoms with Crippen LogP contribution >= 0.6 is 0 Å². The second-order valence-electron chi connectivity index (χ2n) is 7.04. The first-order valence-corrected chi connectivity index (χ1v) is 10.1. The predicted molar refractivity (Wildman–Crippen MR) is 116 cm³/mol. The van der Waals surface area contributed by atoms with E-state index in [9.17, 15) is 14.4 Å². The molecule has 30 heavy (non-hydrogen) atoms. The van der Waals surface area contributed by atoms with E-state index in [1.165, 1.54) is 0 Å². The summed E-state index contributed by atoms with van der Waals surface area (Å²) in [7, 11) is 0. The minimum atomic E-state index is -0.367. The number of esters is 1. The van der Waals surface area contributed by atoms with E-state index in [2.05, 4.69) is 22.4 Å². The Morgan fingerprint density at radius 2 is 1.73 bits per heavy atom. The quantitative estimate of drug-likeness (QED) is 0.415. The van der Waals surface area contributed by atoms with Crippen molar-refractivity contribution in [2.45, 2.75) is 39.0 Å². The molecule has 1 amide bonds. The number of unbranched alkanes of at least 4 members (excludes halogenated alkanes) is 3. The van der Waals surface area contributed by atoms with Crippen molar-refractivity contribution in [3.05, 3.63) is 70.1 Å². The van der Waals surface area contributed by atoms with Crippen molar-refractivity contribution < 1.29 is 14.3 Å². The van der Waals surface area contributed by atoms with Crippen molar-refractivity contribution in [2.75, 3.05) is 11.9 Å². The summed E-state index contributed by atoms with van der Waals surface area (Å²) < 4.78 is 5.26. The first-order chi connectivity index (χ1) is 14.6. The lowest BCUT2D eigenvalue weighted by Gasteiger charge is -2.08. The van der Waals surface area contributed by atoms with Gasteiger partial charge in [0.1, 0.15) is 0 Å². The smallest absolute Gasteiger partial charge is 0.338 e. The maximum atomic E-state index is 12.4. The zero-order valence-electron chi connectivity index (χ0n) is 16.9. The van der Waals surface area contributed by atoms with Crippen molar-refractivity contribution in [1.29, 1.82) is 0 Å². The van der Waals surface area contributed by atoms with Crippen molar-refractivity contribution in [3.8, 4) is 0 Å². The van der Waals surface area contributed by atoms with Crippen LogP contribution in [-0.2, 0) is 16.0 Å². The summed E-state index contributed by atoms with van der Waals surface area (Å²) in [6.45, 7) is 2.54. The summed E-state index contributed by atoms with van der Waals surface area (Å²) in [6.07, 6.45) is 4.19. The zero-order valence-corrected chi connectivity index (χ0v) is 16.9. The normalized spacial score (nSPS) is 10.7. The number of ether oxygens (including phenoxy) is 1. The van der Waals surface area contributed by atoms with Crippen LogP contribution in [0.4, 0.5) is 5.69 Å². The SMILES string of the molecule is CCCCCCOC(=O)c1ccc(NC(=O)Cc2n[nH]c(=O)c3ccccc23)cc1. The summed E-state index contributed by atoms with van der Waals surface area (Å²) >= 11 is 0. The molecule has 0 spiro atoms. The van der Waals surface area contributed by atoms with Crippen LogP contribution in [0.5, 0.6) is 0 Å². The van der Waals surface area contributed by atoms with Gasteiger partial charge in [-0.1, -0.05) is 44.4 Å². The fraction of sp³-hybridized carbons (Fsp3) is 0.304. The highest BCUT2D eigenvalue weighted by Gasteiger charge is 2.12. The summed E-state index contributed by atoms with van der Waals surface area (Å²) in [4.78, 5) is 36.3. The fourth-order valence-corrected chi connectivity index (χ4v) is 3.13. The molecule has 0 aliphatic rings. The minimum absolute atomic E-state index is 0.0127. The van der Waals surface area contributed by atoms with Crippen molar-refractivity contribution in [2.24, 2.45) is 0 Å². The van der Waals surface area contributed by atoms with Crippen molar-refractivity contribution in [1.82, 2.24) is 10.2 Å². The van der Waals surface area contributed by atoms with Gasteiger partial charge in [0.2, 0.25) is 5.91 Å². The molecule has 0 atom stereocenters. The van der Waals surface area contributed by atoms with E-state index in [0.717, 1.165) is 25.7 Å². The number of fused-ring (bicyclic) bond motifs is 1. The fourth-order valence-electron chi connectivity index (χ4n) is 3.13. The number of nitrogens with zero attached hydrogens (tertiary/aromatic N) is 1. The number of benzene rings is 2. The molecule has 2 N–H and O–H groups in total.